The molecule has 0 unspecified atom stereocenters. The van der Waals surface area contributed by atoms with E-state index in [1.54, 1.807) is 20.5 Å². The van der Waals surface area contributed by atoms with Gasteiger partial charge in [0, 0.05) is 12.1 Å². The number of ether oxygens (including phenoxy) is 2. The number of aromatic nitrogens is 1. The van der Waals surface area contributed by atoms with Crippen LogP contribution in [0, 0.1) is 6.92 Å². The summed E-state index contributed by atoms with van der Waals surface area (Å²) in [6.45, 7) is 3.04. The van der Waals surface area contributed by atoms with Gasteiger partial charge in [-0.05, 0) is 43.2 Å². The molecule has 1 aromatic heterocycles. The second kappa shape index (κ2) is 9.64. The Hall–Kier alpha value is -3.48. The molecular formula is C22H26N4O3. The Morgan fingerprint density at radius 3 is 2.59 bits per heavy atom. The van der Waals surface area contributed by atoms with Crippen molar-refractivity contribution in [3.63, 3.8) is 0 Å². The van der Waals surface area contributed by atoms with E-state index in [2.05, 4.69) is 15.3 Å². The minimum atomic E-state index is 0.352. The van der Waals surface area contributed by atoms with Crippen molar-refractivity contribution in [2.45, 2.75) is 19.9 Å². The Bertz CT molecular complexity index is 964. The predicted molar refractivity (Wildman–Crippen MR) is 113 cm³/mol. The van der Waals surface area contributed by atoms with Gasteiger partial charge in [-0.3, -0.25) is 0 Å². The molecule has 0 aliphatic rings. The van der Waals surface area contributed by atoms with Crippen LogP contribution in [0.5, 0.6) is 11.5 Å². The summed E-state index contributed by atoms with van der Waals surface area (Å²) < 4.78 is 16.1. The summed E-state index contributed by atoms with van der Waals surface area (Å²) in [5.41, 5.74) is 9.93. The number of hydrogen-bond donors (Lipinski definition) is 2. The number of aliphatic imine (C=N–C) groups is 1. The molecule has 0 saturated carbocycles. The van der Waals surface area contributed by atoms with Gasteiger partial charge >= 0.3 is 0 Å². The van der Waals surface area contributed by atoms with Crippen LogP contribution in [0.3, 0.4) is 0 Å². The molecule has 2 aromatic carbocycles. The Labute approximate surface area is 170 Å². The molecule has 7 heteroatoms. The van der Waals surface area contributed by atoms with Crippen molar-refractivity contribution in [3.05, 3.63) is 65.5 Å². The maximum absolute atomic E-state index is 5.96. The van der Waals surface area contributed by atoms with Gasteiger partial charge in [0.25, 0.3) is 0 Å². The summed E-state index contributed by atoms with van der Waals surface area (Å²) in [7, 11) is 3.24. The highest BCUT2D eigenvalue weighted by atomic mass is 16.5. The third-order valence-electron chi connectivity index (χ3n) is 4.43. The number of nitrogens with two attached hydrogens (primary N) is 1. The van der Waals surface area contributed by atoms with Crippen LogP contribution in [0.1, 0.15) is 16.8 Å². The lowest BCUT2D eigenvalue weighted by Crippen LogP contribution is -2.33. The van der Waals surface area contributed by atoms with E-state index in [9.17, 15) is 0 Å². The monoisotopic (exact) mass is 394 g/mol. The first kappa shape index (κ1) is 20.3. The summed E-state index contributed by atoms with van der Waals surface area (Å²) >= 11 is 0. The lowest BCUT2D eigenvalue weighted by atomic mass is 10.1. The zero-order valence-corrected chi connectivity index (χ0v) is 16.9. The Morgan fingerprint density at radius 2 is 1.86 bits per heavy atom. The van der Waals surface area contributed by atoms with Crippen LogP contribution in [0.15, 0.2) is 58.1 Å². The summed E-state index contributed by atoms with van der Waals surface area (Å²) in [6, 6.07) is 13.9. The minimum absolute atomic E-state index is 0.352. The third-order valence-corrected chi connectivity index (χ3v) is 4.43. The molecule has 152 valence electrons. The number of oxazole rings is 1. The molecule has 3 N–H and O–H groups in total. The maximum Gasteiger partial charge on any atom is 0.226 e. The lowest BCUT2D eigenvalue weighted by molar-refractivity contribution is 0.354. The van der Waals surface area contributed by atoms with E-state index in [1.165, 1.54) is 5.56 Å². The highest BCUT2D eigenvalue weighted by Gasteiger charge is 2.07. The number of nitrogens with one attached hydrogen (secondary N) is 1. The van der Waals surface area contributed by atoms with Crippen molar-refractivity contribution < 1.29 is 13.9 Å². The van der Waals surface area contributed by atoms with Gasteiger partial charge in [0.05, 0.1) is 20.8 Å². The van der Waals surface area contributed by atoms with Crippen molar-refractivity contribution >= 4 is 5.96 Å². The Kier molecular flexibility index (Phi) is 6.73. The molecule has 0 radical (unpaired) electrons. The van der Waals surface area contributed by atoms with Gasteiger partial charge in [-0.2, -0.15) is 0 Å². The molecule has 3 rings (SSSR count). The number of hydrogen-bond acceptors (Lipinski definition) is 5. The summed E-state index contributed by atoms with van der Waals surface area (Å²) in [5.74, 6) is 2.37. The molecular weight excluding hydrogens is 368 g/mol. The van der Waals surface area contributed by atoms with Crippen LogP contribution >= 0.6 is 0 Å². The van der Waals surface area contributed by atoms with Gasteiger partial charge in [0.2, 0.25) is 5.89 Å². The first-order valence-electron chi connectivity index (χ1n) is 9.35. The van der Waals surface area contributed by atoms with E-state index >= 15 is 0 Å². The molecule has 0 aliphatic carbocycles. The number of nitrogens with zero attached hydrogens (tertiary/aromatic N) is 2. The highest BCUT2D eigenvalue weighted by Crippen LogP contribution is 2.27. The van der Waals surface area contributed by atoms with Crippen molar-refractivity contribution in [2.24, 2.45) is 10.7 Å². The molecule has 0 atom stereocenters. The molecule has 0 spiro atoms. The number of guanidine groups is 1. The molecule has 0 bridgehead atoms. The fraction of sp³-hybridized carbons (Fsp3) is 0.273. The van der Waals surface area contributed by atoms with Crippen LogP contribution in [-0.4, -0.2) is 31.7 Å². The second-order valence-electron chi connectivity index (χ2n) is 6.58. The van der Waals surface area contributed by atoms with Gasteiger partial charge < -0.3 is 24.9 Å². The fourth-order valence-corrected chi connectivity index (χ4v) is 2.80. The van der Waals surface area contributed by atoms with Crippen molar-refractivity contribution in [2.75, 3.05) is 20.8 Å². The van der Waals surface area contributed by atoms with Crippen LogP contribution < -0.4 is 20.5 Å². The van der Waals surface area contributed by atoms with Gasteiger partial charge in [0.15, 0.2) is 17.5 Å². The number of methoxy groups -OCH3 is 2. The number of rotatable bonds is 8. The SMILES string of the molecule is COc1ccc(CCNC(N)=NCc2coc(-c3ccc(C)cc3)n2)cc1OC. The van der Waals surface area contributed by atoms with E-state index in [0.29, 0.717) is 36.4 Å². The predicted octanol–water partition coefficient (Wildman–Crippen LogP) is 3.31. The minimum Gasteiger partial charge on any atom is -0.493 e. The Balaban J connectivity index is 1.50. The van der Waals surface area contributed by atoms with Crippen molar-refractivity contribution in [1.82, 2.24) is 10.3 Å². The van der Waals surface area contributed by atoms with Gasteiger partial charge in [-0.1, -0.05) is 23.8 Å². The van der Waals surface area contributed by atoms with Gasteiger partial charge in [-0.15, -0.1) is 0 Å². The zero-order chi connectivity index (χ0) is 20.6. The lowest BCUT2D eigenvalue weighted by Gasteiger charge is -2.10. The molecule has 3 aromatic rings. The van der Waals surface area contributed by atoms with Crippen molar-refractivity contribution in [1.29, 1.82) is 0 Å². The van der Waals surface area contributed by atoms with E-state index in [1.807, 2.05) is 49.4 Å². The molecule has 0 saturated heterocycles. The van der Waals surface area contributed by atoms with Crippen LogP contribution in [0.25, 0.3) is 11.5 Å². The molecule has 0 aliphatic heterocycles. The molecule has 29 heavy (non-hydrogen) atoms. The molecule has 0 fully saturated rings. The van der Waals surface area contributed by atoms with Crippen molar-refractivity contribution in [3.8, 4) is 23.0 Å². The number of benzene rings is 2. The van der Waals surface area contributed by atoms with Gasteiger partial charge in [-0.25, -0.2) is 9.98 Å². The molecule has 1 heterocycles. The van der Waals surface area contributed by atoms with Crippen LogP contribution in [-0.2, 0) is 13.0 Å². The molecule has 7 nitrogen and oxygen atoms in total. The average Bonchev–Trinajstić information content (AvgIpc) is 3.21. The highest BCUT2D eigenvalue weighted by molar-refractivity contribution is 5.77. The first-order chi connectivity index (χ1) is 14.1. The summed E-state index contributed by atoms with van der Waals surface area (Å²) in [4.78, 5) is 8.79. The molecule has 0 amide bonds. The third kappa shape index (κ3) is 5.51. The normalized spacial score (nSPS) is 11.3. The van der Waals surface area contributed by atoms with E-state index in [0.717, 1.165) is 23.2 Å². The van der Waals surface area contributed by atoms with Crippen LogP contribution in [0.4, 0.5) is 0 Å². The maximum atomic E-state index is 5.96. The second-order valence-corrected chi connectivity index (χ2v) is 6.58. The summed E-state index contributed by atoms with van der Waals surface area (Å²) in [6.07, 6.45) is 2.38. The van der Waals surface area contributed by atoms with E-state index in [-0.39, 0.29) is 0 Å². The van der Waals surface area contributed by atoms with Gasteiger partial charge in [0.1, 0.15) is 12.0 Å². The standard InChI is InChI=1S/C22H26N4O3/c1-15-4-7-17(8-5-15)21-26-18(14-29-21)13-25-22(23)24-11-10-16-6-9-19(27-2)20(12-16)28-3/h4-9,12,14H,10-11,13H2,1-3H3,(H3,23,24,25). The largest absolute Gasteiger partial charge is 0.493 e. The Morgan fingerprint density at radius 1 is 1.10 bits per heavy atom. The average molecular weight is 394 g/mol. The zero-order valence-electron chi connectivity index (χ0n) is 16.9. The quantitative estimate of drug-likeness (QED) is 0.450. The van der Waals surface area contributed by atoms with E-state index < -0.39 is 0 Å². The first-order valence-corrected chi connectivity index (χ1v) is 9.35. The summed E-state index contributed by atoms with van der Waals surface area (Å²) in [5, 5.41) is 3.11. The van der Waals surface area contributed by atoms with E-state index in [4.69, 9.17) is 19.6 Å². The fourth-order valence-electron chi connectivity index (χ4n) is 2.80. The topological polar surface area (TPSA) is 94.9 Å². The van der Waals surface area contributed by atoms with Crippen LogP contribution in [0.2, 0.25) is 0 Å². The smallest absolute Gasteiger partial charge is 0.226 e. The number of aryl methyl sites for hydroxylation is 1.